The monoisotopic (exact) mass is 320 g/mol. The van der Waals surface area contributed by atoms with Gasteiger partial charge in [-0.15, -0.1) is 5.10 Å². The van der Waals surface area contributed by atoms with E-state index in [1.54, 1.807) is 0 Å². The number of thioether (sulfide) groups is 1. The smallest absolute Gasteiger partial charge is 0.225 e. The molecule has 0 aliphatic carbocycles. The van der Waals surface area contributed by atoms with E-state index in [9.17, 15) is 4.79 Å². The molecule has 120 valence electrons. The zero-order valence-electron chi connectivity index (χ0n) is 13.4. The third kappa shape index (κ3) is 3.37. The lowest BCUT2D eigenvalue weighted by Crippen LogP contribution is -2.45. The maximum Gasteiger partial charge on any atom is 0.225 e. The standard InChI is InChI=1S/C16H24N4OS/c1-12-11-15(18-17-13(12)2)19-5-3-14(4-6-19)16(21)20-7-9-22-10-8-20/h11,14H,3-10H2,1-2H3. The molecular formula is C16H24N4OS. The highest BCUT2D eigenvalue weighted by molar-refractivity contribution is 7.99. The van der Waals surface area contributed by atoms with Crippen LogP contribution >= 0.6 is 11.8 Å². The van der Waals surface area contributed by atoms with E-state index in [0.29, 0.717) is 5.91 Å². The molecule has 0 aromatic carbocycles. The topological polar surface area (TPSA) is 49.3 Å². The van der Waals surface area contributed by atoms with Crippen molar-refractivity contribution in [2.45, 2.75) is 26.7 Å². The van der Waals surface area contributed by atoms with Crippen LogP contribution in [-0.2, 0) is 4.79 Å². The fourth-order valence-electron chi connectivity index (χ4n) is 3.08. The van der Waals surface area contributed by atoms with Gasteiger partial charge in [0.15, 0.2) is 5.82 Å². The van der Waals surface area contributed by atoms with Crippen LogP contribution in [0.15, 0.2) is 6.07 Å². The molecular weight excluding hydrogens is 296 g/mol. The summed E-state index contributed by atoms with van der Waals surface area (Å²) < 4.78 is 0. The summed E-state index contributed by atoms with van der Waals surface area (Å²) in [5.74, 6) is 3.68. The van der Waals surface area contributed by atoms with Crippen molar-refractivity contribution < 1.29 is 4.79 Å². The van der Waals surface area contributed by atoms with Gasteiger partial charge in [-0.2, -0.15) is 16.9 Å². The summed E-state index contributed by atoms with van der Waals surface area (Å²) in [4.78, 5) is 16.9. The van der Waals surface area contributed by atoms with Crippen molar-refractivity contribution in [1.82, 2.24) is 15.1 Å². The molecule has 2 saturated heterocycles. The van der Waals surface area contributed by atoms with Crippen LogP contribution in [0.3, 0.4) is 0 Å². The molecule has 0 unspecified atom stereocenters. The second kappa shape index (κ2) is 6.86. The zero-order valence-corrected chi connectivity index (χ0v) is 14.2. The van der Waals surface area contributed by atoms with Crippen molar-refractivity contribution in [3.05, 3.63) is 17.3 Å². The quantitative estimate of drug-likeness (QED) is 0.833. The molecule has 0 atom stereocenters. The number of carbonyl (C=O) groups is 1. The summed E-state index contributed by atoms with van der Waals surface area (Å²) in [5.41, 5.74) is 2.16. The van der Waals surface area contributed by atoms with Gasteiger partial charge in [0.2, 0.25) is 5.91 Å². The van der Waals surface area contributed by atoms with E-state index in [2.05, 4.69) is 33.0 Å². The molecule has 0 bridgehead atoms. The Balaban J connectivity index is 1.57. The number of nitrogens with zero attached hydrogens (tertiary/aromatic N) is 4. The van der Waals surface area contributed by atoms with Crippen molar-refractivity contribution in [1.29, 1.82) is 0 Å². The van der Waals surface area contributed by atoms with Crippen LogP contribution in [0, 0.1) is 19.8 Å². The van der Waals surface area contributed by atoms with Crippen molar-refractivity contribution in [2.24, 2.45) is 5.92 Å². The normalized spacial score (nSPS) is 20.3. The molecule has 2 aliphatic heterocycles. The minimum atomic E-state index is 0.193. The Morgan fingerprint density at radius 2 is 1.82 bits per heavy atom. The summed E-state index contributed by atoms with van der Waals surface area (Å²) in [6.07, 6.45) is 1.86. The van der Waals surface area contributed by atoms with E-state index in [4.69, 9.17) is 0 Å². The number of aromatic nitrogens is 2. The van der Waals surface area contributed by atoms with E-state index in [1.807, 2.05) is 18.7 Å². The molecule has 1 aromatic rings. The van der Waals surface area contributed by atoms with Crippen molar-refractivity contribution in [2.75, 3.05) is 42.6 Å². The maximum atomic E-state index is 12.6. The van der Waals surface area contributed by atoms with Gasteiger partial charge in [-0.1, -0.05) is 0 Å². The molecule has 0 spiro atoms. The SMILES string of the molecule is Cc1cc(N2CCC(C(=O)N3CCSCC3)CC2)nnc1C. The minimum Gasteiger partial charge on any atom is -0.355 e. The van der Waals surface area contributed by atoms with Gasteiger partial charge < -0.3 is 9.80 Å². The average Bonchev–Trinajstić information content (AvgIpc) is 2.58. The van der Waals surface area contributed by atoms with Crippen LogP contribution in [0.4, 0.5) is 5.82 Å². The van der Waals surface area contributed by atoms with Crippen LogP contribution in [0.5, 0.6) is 0 Å². The van der Waals surface area contributed by atoms with Crippen molar-refractivity contribution in [3.8, 4) is 0 Å². The first-order valence-corrected chi connectivity index (χ1v) is 9.23. The number of aryl methyl sites for hydroxylation is 2. The Morgan fingerprint density at radius 1 is 1.14 bits per heavy atom. The molecule has 3 heterocycles. The minimum absolute atomic E-state index is 0.193. The Hall–Kier alpha value is -1.30. The highest BCUT2D eigenvalue weighted by atomic mass is 32.2. The fourth-order valence-corrected chi connectivity index (χ4v) is 3.99. The van der Waals surface area contributed by atoms with Gasteiger partial charge in [0, 0.05) is 43.6 Å². The Morgan fingerprint density at radius 3 is 2.45 bits per heavy atom. The molecule has 0 saturated carbocycles. The summed E-state index contributed by atoms with van der Waals surface area (Å²) >= 11 is 1.95. The largest absolute Gasteiger partial charge is 0.355 e. The van der Waals surface area contributed by atoms with E-state index >= 15 is 0 Å². The third-order valence-corrected chi connectivity index (χ3v) is 5.65. The van der Waals surface area contributed by atoms with E-state index in [1.165, 1.54) is 5.56 Å². The number of rotatable bonds is 2. The molecule has 1 aromatic heterocycles. The van der Waals surface area contributed by atoms with Crippen LogP contribution in [-0.4, -0.2) is 58.7 Å². The van der Waals surface area contributed by atoms with E-state index in [0.717, 1.165) is 62.0 Å². The van der Waals surface area contributed by atoms with Crippen LogP contribution in [0.25, 0.3) is 0 Å². The zero-order chi connectivity index (χ0) is 15.5. The first-order valence-electron chi connectivity index (χ1n) is 8.07. The van der Waals surface area contributed by atoms with Crippen molar-refractivity contribution >= 4 is 23.5 Å². The molecule has 2 fully saturated rings. The number of hydrogen-bond acceptors (Lipinski definition) is 5. The van der Waals surface area contributed by atoms with Crippen LogP contribution in [0.2, 0.25) is 0 Å². The molecule has 2 aliphatic rings. The second-order valence-electron chi connectivity index (χ2n) is 6.17. The van der Waals surface area contributed by atoms with Crippen LogP contribution < -0.4 is 4.90 Å². The number of amides is 1. The number of anilines is 1. The van der Waals surface area contributed by atoms with Gasteiger partial charge >= 0.3 is 0 Å². The fraction of sp³-hybridized carbons (Fsp3) is 0.688. The first-order chi connectivity index (χ1) is 10.6. The van der Waals surface area contributed by atoms with Gasteiger partial charge in [-0.25, -0.2) is 0 Å². The predicted molar refractivity (Wildman–Crippen MR) is 90.3 cm³/mol. The highest BCUT2D eigenvalue weighted by Crippen LogP contribution is 2.25. The lowest BCUT2D eigenvalue weighted by molar-refractivity contribution is -0.135. The lowest BCUT2D eigenvalue weighted by atomic mass is 9.95. The Kier molecular flexibility index (Phi) is 4.86. The van der Waals surface area contributed by atoms with Crippen molar-refractivity contribution in [3.63, 3.8) is 0 Å². The summed E-state index contributed by atoms with van der Waals surface area (Å²) in [5, 5.41) is 8.51. The molecule has 22 heavy (non-hydrogen) atoms. The summed E-state index contributed by atoms with van der Waals surface area (Å²) in [6, 6.07) is 2.10. The molecule has 5 nitrogen and oxygen atoms in total. The van der Waals surface area contributed by atoms with E-state index in [-0.39, 0.29) is 5.92 Å². The molecule has 0 N–H and O–H groups in total. The third-order valence-electron chi connectivity index (χ3n) is 4.71. The van der Waals surface area contributed by atoms with Gasteiger partial charge in [-0.3, -0.25) is 4.79 Å². The van der Waals surface area contributed by atoms with E-state index < -0.39 is 0 Å². The summed E-state index contributed by atoms with van der Waals surface area (Å²) in [6.45, 7) is 7.69. The highest BCUT2D eigenvalue weighted by Gasteiger charge is 2.29. The lowest BCUT2D eigenvalue weighted by Gasteiger charge is -2.35. The van der Waals surface area contributed by atoms with Gasteiger partial charge in [-0.05, 0) is 38.3 Å². The molecule has 3 rings (SSSR count). The number of carbonyl (C=O) groups excluding carboxylic acids is 1. The summed E-state index contributed by atoms with van der Waals surface area (Å²) in [7, 11) is 0. The molecule has 0 radical (unpaired) electrons. The Labute approximate surface area is 136 Å². The predicted octanol–water partition coefficient (Wildman–Crippen LogP) is 1.89. The van der Waals surface area contributed by atoms with Gasteiger partial charge in [0.25, 0.3) is 0 Å². The first kappa shape index (κ1) is 15.6. The van der Waals surface area contributed by atoms with Gasteiger partial charge in [0.05, 0.1) is 5.69 Å². The van der Waals surface area contributed by atoms with Crippen LogP contribution in [0.1, 0.15) is 24.1 Å². The molecule has 1 amide bonds. The number of hydrogen-bond donors (Lipinski definition) is 0. The molecule has 6 heteroatoms. The van der Waals surface area contributed by atoms with Gasteiger partial charge in [0.1, 0.15) is 0 Å². The number of piperidine rings is 1. The average molecular weight is 320 g/mol. The Bertz CT molecular complexity index is 537. The maximum absolute atomic E-state index is 12.6. The second-order valence-corrected chi connectivity index (χ2v) is 7.39.